The number of nitrogens with one attached hydrogen (secondary N) is 1. The van der Waals surface area contributed by atoms with E-state index in [9.17, 15) is 13.4 Å². The standard InChI is InChI=1S/C19H17FN8O2.C2H6OS/c1-23-19(29)30-14-15(21)25-17(26-16(14)22)13-11-6-4-8-24-18(11)28(27-13)9-10-5-2-3-7-12(10)20;1-4(2)3/h2-8H,9H2,1H3,(H,23,29)(H4,21,22,25,26);1-2H3. The lowest BCUT2D eigenvalue weighted by atomic mass is 10.2. The number of ether oxygens (including phenoxy) is 1. The molecule has 3 aromatic heterocycles. The molecule has 13 heteroatoms. The molecule has 0 aliphatic rings. The number of nitrogens with two attached hydrogens (primary N) is 2. The Morgan fingerprint density at radius 3 is 2.41 bits per heavy atom. The molecule has 0 fully saturated rings. The summed E-state index contributed by atoms with van der Waals surface area (Å²) < 4.78 is 30.2. The van der Waals surface area contributed by atoms with Gasteiger partial charge in [0.05, 0.1) is 11.9 Å². The number of pyridine rings is 1. The Labute approximate surface area is 196 Å². The van der Waals surface area contributed by atoms with E-state index >= 15 is 0 Å². The number of carbonyl (C=O) groups is 1. The molecule has 178 valence electrons. The SMILES string of the molecule is CNC(=O)Oc1c(N)nc(-c2nn(Cc3ccccc3F)c3ncccc23)nc1N.CS(C)=O. The molecule has 0 saturated carbocycles. The van der Waals surface area contributed by atoms with Crippen LogP contribution in [0, 0.1) is 5.82 Å². The summed E-state index contributed by atoms with van der Waals surface area (Å²) in [6.45, 7) is 0.156. The van der Waals surface area contributed by atoms with Gasteiger partial charge in [0.15, 0.2) is 23.1 Å². The Hall–Kier alpha value is -4.13. The highest BCUT2D eigenvalue weighted by molar-refractivity contribution is 7.83. The minimum Gasteiger partial charge on any atom is -0.402 e. The van der Waals surface area contributed by atoms with E-state index in [0.29, 0.717) is 22.3 Å². The van der Waals surface area contributed by atoms with E-state index in [2.05, 4.69) is 25.4 Å². The molecule has 4 aromatic rings. The molecule has 5 N–H and O–H groups in total. The van der Waals surface area contributed by atoms with Crippen molar-refractivity contribution in [1.82, 2.24) is 30.0 Å². The number of rotatable bonds is 4. The topological polar surface area (TPSA) is 164 Å². The van der Waals surface area contributed by atoms with E-state index in [1.165, 1.54) is 13.1 Å². The zero-order valence-electron chi connectivity index (χ0n) is 18.7. The number of aromatic nitrogens is 5. The van der Waals surface area contributed by atoms with E-state index in [0.717, 1.165) is 0 Å². The number of hydrogen-bond donors (Lipinski definition) is 3. The smallest absolute Gasteiger partial charge is 0.402 e. The first kappa shape index (κ1) is 24.5. The summed E-state index contributed by atoms with van der Waals surface area (Å²) in [5.41, 5.74) is 13.2. The highest BCUT2D eigenvalue weighted by atomic mass is 32.2. The molecule has 1 aromatic carbocycles. The molecule has 0 aliphatic carbocycles. The third-order valence-electron chi connectivity index (χ3n) is 4.31. The Balaban J connectivity index is 0.000000751. The molecule has 0 unspecified atom stereocenters. The van der Waals surface area contributed by atoms with E-state index in [4.69, 9.17) is 16.2 Å². The molecule has 0 aliphatic heterocycles. The zero-order valence-corrected chi connectivity index (χ0v) is 19.5. The molecule has 0 spiro atoms. The van der Waals surface area contributed by atoms with Crippen LogP contribution >= 0.6 is 0 Å². The largest absolute Gasteiger partial charge is 0.412 e. The van der Waals surface area contributed by atoms with Crippen LogP contribution in [-0.2, 0) is 17.3 Å². The van der Waals surface area contributed by atoms with E-state index in [1.54, 1.807) is 53.7 Å². The molecule has 0 bridgehead atoms. The van der Waals surface area contributed by atoms with Crippen molar-refractivity contribution in [1.29, 1.82) is 0 Å². The van der Waals surface area contributed by atoms with Crippen molar-refractivity contribution in [2.24, 2.45) is 0 Å². The van der Waals surface area contributed by atoms with Crippen molar-refractivity contribution in [2.45, 2.75) is 6.54 Å². The Morgan fingerprint density at radius 2 is 1.79 bits per heavy atom. The molecule has 0 saturated heterocycles. The summed E-state index contributed by atoms with van der Waals surface area (Å²) in [5, 5.41) is 7.44. The van der Waals surface area contributed by atoms with Gasteiger partial charge in [-0.25, -0.2) is 28.8 Å². The van der Waals surface area contributed by atoms with Crippen LogP contribution in [0.25, 0.3) is 22.6 Å². The van der Waals surface area contributed by atoms with Crippen LogP contribution < -0.4 is 21.5 Å². The van der Waals surface area contributed by atoms with Crippen LogP contribution in [-0.4, -0.2) is 54.6 Å². The molecule has 0 atom stereocenters. The fraction of sp³-hybridized carbons (Fsp3) is 0.190. The molecule has 3 heterocycles. The van der Waals surface area contributed by atoms with E-state index in [1.807, 2.05) is 0 Å². The number of fused-ring (bicyclic) bond motifs is 1. The van der Waals surface area contributed by atoms with Crippen LogP contribution in [0.15, 0.2) is 42.6 Å². The van der Waals surface area contributed by atoms with Gasteiger partial charge in [-0.3, -0.25) is 4.21 Å². The molecular weight excluding hydrogens is 463 g/mol. The summed E-state index contributed by atoms with van der Waals surface area (Å²) in [4.78, 5) is 24.2. The van der Waals surface area contributed by atoms with Gasteiger partial charge in [-0.1, -0.05) is 18.2 Å². The summed E-state index contributed by atoms with van der Waals surface area (Å²) >= 11 is 0. The predicted octanol–water partition coefficient (Wildman–Crippen LogP) is 1.95. The minimum atomic E-state index is -0.756. The second-order valence-corrected chi connectivity index (χ2v) is 8.48. The maximum atomic E-state index is 14.1. The lowest BCUT2D eigenvalue weighted by Crippen LogP contribution is -2.23. The summed E-state index contributed by atoms with van der Waals surface area (Å²) in [5.74, 6) is -0.617. The minimum absolute atomic E-state index is 0.123. The summed E-state index contributed by atoms with van der Waals surface area (Å²) in [7, 11) is 0.783. The van der Waals surface area contributed by atoms with Gasteiger partial charge in [-0.05, 0) is 18.2 Å². The van der Waals surface area contributed by atoms with Crippen molar-refractivity contribution < 1.29 is 18.1 Å². The molecule has 0 radical (unpaired) electrons. The summed E-state index contributed by atoms with van der Waals surface area (Å²) in [6.07, 6.45) is 4.13. The highest BCUT2D eigenvalue weighted by Crippen LogP contribution is 2.31. The van der Waals surface area contributed by atoms with Crippen LogP contribution in [0.2, 0.25) is 0 Å². The van der Waals surface area contributed by atoms with Gasteiger partial charge >= 0.3 is 6.09 Å². The van der Waals surface area contributed by atoms with Gasteiger partial charge < -0.3 is 21.5 Å². The van der Waals surface area contributed by atoms with Gasteiger partial charge in [-0.2, -0.15) is 5.10 Å². The second kappa shape index (κ2) is 10.7. The van der Waals surface area contributed by atoms with Crippen LogP contribution in [0.4, 0.5) is 20.8 Å². The fourth-order valence-corrected chi connectivity index (χ4v) is 2.91. The van der Waals surface area contributed by atoms with Crippen molar-refractivity contribution in [2.75, 3.05) is 31.0 Å². The van der Waals surface area contributed by atoms with E-state index in [-0.39, 0.29) is 35.6 Å². The molecule has 4 rings (SSSR count). The lowest BCUT2D eigenvalue weighted by molar-refractivity contribution is 0.203. The highest BCUT2D eigenvalue weighted by Gasteiger charge is 2.21. The second-order valence-electron chi connectivity index (χ2n) is 7.00. The quantitative estimate of drug-likeness (QED) is 0.391. The Morgan fingerprint density at radius 1 is 1.15 bits per heavy atom. The van der Waals surface area contributed by atoms with Crippen molar-refractivity contribution >= 4 is 39.6 Å². The van der Waals surface area contributed by atoms with Gasteiger partial charge in [0, 0.05) is 42.1 Å². The average Bonchev–Trinajstić information content (AvgIpc) is 3.15. The van der Waals surface area contributed by atoms with Crippen LogP contribution in [0.3, 0.4) is 0 Å². The molecule has 11 nitrogen and oxygen atoms in total. The number of hydrogen-bond acceptors (Lipinski definition) is 9. The lowest BCUT2D eigenvalue weighted by Gasteiger charge is -2.09. The number of amides is 1. The number of benzene rings is 1. The maximum absolute atomic E-state index is 14.1. The molecule has 1 amide bonds. The Kier molecular flexibility index (Phi) is 7.68. The number of carbonyl (C=O) groups excluding carboxylic acids is 1. The van der Waals surface area contributed by atoms with Crippen molar-refractivity contribution in [3.05, 3.63) is 54.0 Å². The fourth-order valence-electron chi connectivity index (χ4n) is 2.91. The Bertz CT molecular complexity index is 1330. The third-order valence-corrected chi connectivity index (χ3v) is 4.31. The maximum Gasteiger partial charge on any atom is 0.412 e. The summed E-state index contributed by atoms with van der Waals surface area (Å²) in [6, 6.07) is 9.93. The van der Waals surface area contributed by atoms with Gasteiger partial charge in [0.25, 0.3) is 0 Å². The number of nitrogens with zero attached hydrogens (tertiary/aromatic N) is 5. The normalized spacial score (nSPS) is 10.6. The van der Waals surface area contributed by atoms with Crippen LogP contribution in [0.1, 0.15) is 5.56 Å². The first-order valence-electron chi connectivity index (χ1n) is 9.84. The third kappa shape index (κ3) is 5.61. The van der Waals surface area contributed by atoms with Gasteiger partial charge in [-0.15, -0.1) is 0 Å². The zero-order chi connectivity index (χ0) is 24.8. The van der Waals surface area contributed by atoms with Crippen molar-refractivity contribution in [3.8, 4) is 17.3 Å². The number of nitrogen functional groups attached to an aromatic ring is 2. The van der Waals surface area contributed by atoms with Crippen LogP contribution in [0.5, 0.6) is 5.75 Å². The first-order valence-corrected chi connectivity index (χ1v) is 11.8. The molecular formula is C21H23FN8O3S. The monoisotopic (exact) mass is 486 g/mol. The van der Waals surface area contributed by atoms with Gasteiger partial charge in [0.2, 0.25) is 5.75 Å². The molecule has 34 heavy (non-hydrogen) atoms. The first-order chi connectivity index (χ1) is 16.2. The number of anilines is 2. The van der Waals surface area contributed by atoms with Gasteiger partial charge in [0.1, 0.15) is 11.5 Å². The average molecular weight is 487 g/mol. The predicted molar refractivity (Wildman–Crippen MR) is 128 cm³/mol. The number of halogens is 1. The van der Waals surface area contributed by atoms with Crippen molar-refractivity contribution in [3.63, 3.8) is 0 Å². The van der Waals surface area contributed by atoms with E-state index < -0.39 is 16.9 Å².